The fourth-order valence-corrected chi connectivity index (χ4v) is 1.58. The van der Waals surface area contributed by atoms with E-state index in [2.05, 4.69) is 4.98 Å². The van der Waals surface area contributed by atoms with Crippen LogP contribution in [-0.2, 0) is 4.74 Å². The van der Waals surface area contributed by atoms with E-state index in [1.54, 1.807) is 0 Å². The van der Waals surface area contributed by atoms with Crippen LogP contribution in [0.5, 0.6) is 0 Å². The Labute approximate surface area is 95.6 Å². The zero-order chi connectivity index (χ0) is 12.5. The van der Waals surface area contributed by atoms with Crippen molar-refractivity contribution in [3.8, 4) is 0 Å². The van der Waals surface area contributed by atoms with Crippen LogP contribution in [0.25, 0.3) is 0 Å². The average Bonchev–Trinajstić information content (AvgIpc) is 2.74. The van der Waals surface area contributed by atoms with Crippen LogP contribution in [0.3, 0.4) is 0 Å². The third kappa shape index (κ3) is 2.07. The molecule has 92 valence electrons. The third-order valence-electron chi connectivity index (χ3n) is 2.58. The van der Waals surface area contributed by atoms with Crippen molar-refractivity contribution in [2.75, 3.05) is 13.2 Å². The number of nitrogens with one attached hydrogen (secondary N) is 1. The van der Waals surface area contributed by atoms with Gasteiger partial charge in [-0.15, -0.1) is 0 Å². The van der Waals surface area contributed by atoms with Crippen molar-refractivity contribution in [2.24, 2.45) is 0 Å². The molecule has 2 heterocycles. The van der Waals surface area contributed by atoms with Gasteiger partial charge in [-0.3, -0.25) is 14.3 Å². The summed E-state index contributed by atoms with van der Waals surface area (Å²) >= 11 is 0. The first-order chi connectivity index (χ1) is 8.10. The molecular formula is C10H12N2O5. The van der Waals surface area contributed by atoms with Gasteiger partial charge in [0.2, 0.25) is 0 Å². The maximum Gasteiger partial charge on any atom is 0.330 e. The Hall–Kier alpha value is -1.70. The number of aliphatic hydroxyl groups excluding tert-OH is 2. The number of hydrogen-bond acceptors (Lipinski definition) is 5. The van der Waals surface area contributed by atoms with E-state index in [1.165, 1.54) is 24.4 Å². The molecule has 0 amide bonds. The molecule has 7 nitrogen and oxygen atoms in total. The summed E-state index contributed by atoms with van der Waals surface area (Å²) in [5, 5.41) is 18.2. The largest absolute Gasteiger partial charge is 0.393 e. The molecule has 0 radical (unpaired) electrons. The molecule has 0 saturated carbocycles. The Morgan fingerprint density at radius 3 is 2.65 bits per heavy atom. The zero-order valence-corrected chi connectivity index (χ0v) is 8.87. The van der Waals surface area contributed by atoms with E-state index >= 15 is 0 Å². The lowest BCUT2D eigenvalue weighted by Gasteiger charge is -2.24. The van der Waals surface area contributed by atoms with Crippen LogP contribution in [-0.4, -0.2) is 38.6 Å². The van der Waals surface area contributed by atoms with Crippen molar-refractivity contribution < 1.29 is 14.9 Å². The van der Waals surface area contributed by atoms with E-state index in [0.29, 0.717) is 0 Å². The number of aliphatic hydroxyl groups is 2. The summed E-state index contributed by atoms with van der Waals surface area (Å²) in [6.07, 6.45) is 3.57. The fourth-order valence-electron chi connectivity index (χ4n) is 1.58. The molecule has 1 aliphatic heterocycles. The van der Waals surface area contributed by atoms with Gasteiger partial charge in [-0.1, -0.05) is 0 Å². The monoisotopic (exact) mass is 240 g/mol. The van der Waals surface area contributed by atoms with Crippen LogP contribution < -0.4 is 11.2 Å². The predicted molar refractivity (Wildman–Crippen MR) is 57.5 cm³/mol. The van der Waals surface area contributed by atoms with Gasteiger partial charge in [0.1, 0.15) is 5.60 Å². The summed E-state index contributed by atoms with van der Waals surface area (Å²) in [7, 11) is 0. The molecule has 0 unspecified atom stereocenters. The fraction of sp³-hybridized carbons (Fsp3) is 0.400. The lowest BCUT2D eigenvalue weighted by atomic mass is 10.1. The van der Waals surface area contributed by atoms with Crippen molar-refractivity contribution in [1.82, 2.24) is 9.55 Å². The molecule has 0 saturated heterocycles. The highest BCUT2D eigenvalue weighted by atomic mass is 16.5. The second-order valence-corrected chi connectivity index (χ2v) is 3.77. The summed E-state index contributed by atoms with van der Waals surface area (Å²) in [5.41, 5.74) is -2.29. The van der Waals surface area contributed by atoms with E-state index in [1.807, 2.05) is 0 Å². The number of H-pyrrole nitrogens is 1. The molecule has 0 spiro atoms. The van der Waals surface area contributed by atoms with Crippen molar-refractivity contribution in [3.05, 3.63) is 45.3 Å². The van der Waals surface area contributed by atoms with Crippen molar-refractivity contribution in [3.63, 3.8) is 0 Å². The maximum absolute atomic E-state index is 11.5. The SMILES string of the molecule is O=c1ccn([C@@H]2C=CC(CO)(CO)O2)c(=O)[nH]1. The second kappa shape index (κ2) is 4.28. The topological polar surface area (TPSA) is 105 Å². The van der Waals surface area contributed by atoms with Crippen molar-refractivity contribution in [1.29, 1.82) is 0 Å². The lowest BCUT2D eigenvalue weighted by molar-refractivity contribution is -0.107. The van der Waals surface area contributed by atoms with E-state index in [0.717, 1.165) is 4.57 Å². The minimum absolute atomic E-state index is 0.394. The molecule has 1 aromatic rings. The lowest BCUT2D eigenvalue weighted by Crippen LogP contribution is -2.39. The highest BCUT2D eigenvalue weighted by Gasteiger charge is 2.35. The Balaban J connectivity index is 2.31. The van der Waals surface area contributed by atoms with Gasteiger partial charge in [0.05, 0.1) is 13.2 Å². The summed E-state index contributed by atoms with van der Waals surface area (Å²) in [4.78, 5) is 24.5. The standard InChI is InChI=1S/C10H12N2O5/c13-5-10(6-14)3-1-8(17-10)12-4-2-7(15)11-9(12)16/h1-4,8,13-14H,5-6H2,(H,11,15,16)/t8-/m0/s1. The van der Waals surface area contributed by atoms with Crippen LogP contribution in [0.2, 0.25) is 0 Å². The van der Waals surface area contributed by atoms with Crippen LogP contribution >= 0.6 is 0 Å². The van der Waals surface area contributed by atoms with Crippen LogP contribution in [0.4, 0.5) is 0 Å². The third-order valence-corrected chi connectivity index (χ3v) is 2.58. The van der Waals surface area contributed by atoms with Crippen LogP contribution in [0.15, 0.2) is 34.0 Å². The number of hydrogen-bond donors (Lipinski definition) is 3. The molecule has 3 N–H and O–H groups in total. The van der Waals surface area contributed by atoms with Gasteiger partial charge in [-0.05, 0) is 12.2 Å². The first kappa shape index (κ1) is 11.8. The number of aromatic nitrogens is 2. The van der Waals surface area contributed by atoms with Crippen molar-refractivity contribution in [2.45, 2.75) is 11.8 Å². The molecule has 0 aromatic carbocycles. The summed E-state index contributed by atoms with van der Waals surface area (Å²) in [5.74, 6) is 0. The summed E-state index contributed by atoms with van der Waals surface area (Å²) in [6.45, 7) is -0.788. The Morgan fingerprint density at radius 1 is 1.41 bits per heavy atom. The predicted octanol–water partition coefficient (Wildman–Crippen LogP) is -1.65. The minimum Gasteiger partial charge on any atom is -0.393 e. The molecule has 0 aliphatic carbocycles. The van der Waals surface area contributed by atoms with E-state index in [4.69, 9.17) is 14.9 Å². The van der Waals surface area contributed by atoms with Crippen LogP contribution in [0, 0.1) is 0 Å². The zero-order valence-electron chi connectivity index (χ0n) is 8.87. The normalized spacial score (nSPS) is 21.9. The van der Waals surface area contributed by atoms with E-state index < -0.39 is 36.3 Å². The molecule has 1 aliphatic rings. The smallest absolute Gasteiger partial charge is 0.330 e. The van der Waals surface area contributed by atoms with Crippen molar-refractivity contribution >= 4 is 0 Å². The molecule has 7 heteroatoms. The van der Waals surface area contributed by atoms with Gasteiger partial charge in [-0.25, -0.2) is 4.79 Å². The van der Waals surface area contributed by atoms with Gasteiger partial charge in [0, 0.05) is 12.3 Å². The number of aromatic amines is 1. The molecule has 0 fully saturated rings. The number of nitrogens with zero attached hydrogens (tertiary/aromatic N) is 1. The molecule has 0 bridgehead atoms. The summed E-state index contributed by atoms with van der Waals surface area (Å²) in [6, 6.07) is 1.19. The Kier molecular flexibility index (Phi) is 2.97. The number of ether oxygens (including phenoxy) is 1. The Bertz CT molecular complexity index is 540. The molecule has 2 rings (SSSR count). The van der Waals surface area contributed by atoms with Gasteiger partial charge in [-0.2, -0.15) is 0 Å². The van der Waals surface area contributed by atoms with Gasteiger partial charge in [0.15, 0.2) is 6.23 Å². The van der Waals surface area contributed by atoms with Gasteiger partial charge < -0.3 is 14.9 Å². The van der Waals surface area contributed by atoms with Gasteiger partial charge in [0.25, 0.3) is 5.56 Å². The van der Waals surface area contributed by atoms with Crippen LogP contribution in [0.1, 0.15) is 6.23 Å². The van der Waals surface area contributed by atoms with E-state index in [-0.39, 0.29) is 0 Å². The second-order valence-electron chi connectivity index (χ2n) is 3.77. The quantitative estimate of drug-likeness (QED) is 0.549. The minimum atomic E-state index is -1.18. The van der Waals surface area contributed by atoms with Gasteiger partial charge >= 0.3 is 5.69 Å². The average molecular weight is 240 g/mol. The molecule has 17 heavy (non-hydrogen) atoms. The molecule has 1 aromatic heterocycles. The Morgan fingerprint density at radius 2 is 2.12 bits per heavy atom. The number of rotatable bonds is 3. The van der Waals surface area contributed by atoms with E-state index in [9.17, 15) is 9.59 Å². The maximum atomic E-state index is 11.5. The molecule has 1 atom stereocenters. The highest BCUT2D eigenvalue weighted by molar-refractivity contribution is 5.11. The summed E-state index contributed by atoms with van der Waals surface area (Å²) < 4.78 is 6.54. The first-order valence-electron chi connectivity index (χ1n) is 5.00. The molecular weight excluding hydrogens is 228 g/mol. The first-order valence-corrected chi connectivity index (χ1v) is 5.00. The highest BCUT2D eigenvalue weighted by Crippen LogP contribution is 2.27.